The van der Waals surface area contributed by atoms with Gasteiger partial charge in [0.1, 0.15) is 11.4 Å². The zero-order chi connectivity index (χ0) is 27.2. The minimum atomic E-state index is -0.620. The number of nitrogens with zero attached hydrogens (tertiary/aromatic N) is 1. The molecule has 204 valence electrons. The lowest BCUT2D eigenvalue weighted by molar-refractivity contribution is -0.143. The summed E-state index contributed by atoms with van der Waals surface area (Å²) in [5.41, 5.74) is 0.713. The zero-order valence-corrected chi connectivity index (χ0v) is 23.8. The fraction of sp³-hybridized carbons (Fsp3) is 0.613. The zero-order valence-electron chi connectivity index (χ0n) is 23.8. The Morgan fingerprint density at radius 1 is 0.919 bits per heavy atom. The fourth-order valence-electron chi connectivity index (χ4n) is 4.93. The van der Waals surface area contributed by atoms with Crippen LogP contribution in [0.25, 0.3) is 10.8 Å². The standard InChI is InChI=1S/C31H45NO5/c1-8-35-28(33)17-18-32(29(34)37-31(5,6)7)21-22-9-10-24-20-27(14-11-23(24)19-22)36-26-15-12-25(13-16-26)30(2,3)4/h9-11,14,19-20,25-26H,8,12-13,15-18,21H2,1-7H3/t25-,26-. The number of carbonyl (C=O) groups is 2. The quantitative estimate of drug-likeness (QED) is 0.343. The number of hydrogen-bond acceptors (Lipinski definition) is 5. The first-order chi connectivity index (χ1) is 17.3. The van der Waals surface area contributed by atoms with Crippen molar-refractivity contribution in [3.8, 4) is 5.75 Å². The van der Waals surface area contributed by atoms with Gasteiger partial charge in [0.2, 0.25) is 0 Å². The van der Waals surface area contributed by atoms with Gasteiger partial charge in [0, 0.05) is 13.1 Å². The molecule has 3 rings (SSSR count). The lowest BCUT2D eigenvalue weighted by atomic mass is 9.72. The highest BCUT2D eigenvalue weighted by Gasteiger charge is 2.30. The van der Waals surface area contributed by atoms with Gasteiger partial charge in [-0.25, -0.2) is 4.79 Å². The molecule has 1 aliphatic carbocycles. The molecule has 0 unspecified atom stereocenters. The smallest absolute Gasteiger partial charge is 0.410 e. The largest absolute Gasteiger partial charge is 0.490 e. The number of rotatable bonds is 8. The van der Waals surface area contributed by atoms with Gasteiger partial charge in [0.15, 0.2) is 0 Å². The first-order valence-corrected chi connectivity index (χ1v) is 13.7. The summed E-state index contributed by atoms with van der Waals surface area (Å²) in [5, 5.41) is 2.18. The number of benzene rings is 2. The second-order valence-corrected chi connectivity index (χ2v) is 12.3. The van der Waals surface area contributed by atoms with Gasteiger partial charge in [-0.1, -0.05) is 39.0 Å². The maximum Gasteiger partial charge on any atom is 0.410 e. The lowest BCUT2D eigenvalue weighted by Gasteiger charge is -2.37. The van der Waals surface area contributed by atoms with Gasteiger partial charge < -0.3 is 19.1 Å². The molecule has 1 amide bonds. The Hall–Kier alpha value is -2.76. The van der Waals surface area contributed by atoms with Crippen molar-refractivity contribution in [2.75, 3.05) is 13.2 Å². The van der Waals surface area contributed by atoms with E-state index in [4.69, 9.17) is 14.2 Å². The van der Waals surface area contributed by atoms with Crippen LogP contribution in [0.15, 0.2) is 36.4 Å². The summed E-state index contributed by atoms with van der Waals surface area (Å²) in [6, 6.07) is 12.4. The molecule has 0 aliphatic heterocycles. The normalized spacial score (nSPS) is 18.4. The Bertz CT molecular complexity index is 1060. The summed E-state index contributed by atoms with van der Waals surface area (Å²) >= 11 is 0. The average Bonchev–Trinajstić information content (AvgIpc) is 2.80. The summed E-state index contributed by atoms with van der Waals surface area (Å²) in [6.07, 6.45) is 4.60. The van der Waals surface area contributed by atoms with Crippen molar-refractivity contribution in [3.63, 3.8) is 0 Å². The summed E-state index contributed by atoms with van der Waals surface area (Å²) in [4.78, 5) is 26.3. The Morgan fingerprint density at radius 2 is 1.57 bits per heavy atom. The van der Waals surface area contributed by atoms with Crippen LogP contribution in [0.4, 0.5) is 4.79 Å². The molecule has 0 heterocycles. The third-order valence-electron chi connectivity index (χ3n) is 6.99. The number of ether oxygens (including phenoxy) is 3. The summed E-state index contributed by atoms with van der Waals surface area (Å²) < 4.78 is 17.0. The van der Waals surface area contributed by atoms with Crippen molar-refractivity contribution in [1.29, 1.82) is 0 Å². The van der Waals surface area contributed by atoms with Crippen molar-refractivity contribution in [3.05, 3.63) is 42.0 Å². The molecule has 6 heteroatoms. The third-order valence-corrected chi connectivity index (χ3v) is 6.99. The van der Waals surface area contributed by atoms with Gasteiger partial charge in [0.05, 0.1) is 19.1 Å². The number of carbonyl (C=O) groups excluding carboxylic acids is 2. The molecule has 1 saturated carbocycles. The second kappa shape index (κ2) is 12.2. The van der Waals surface area contributed by atoms with E-state index in [0.29, 0.717) is 18.6 Å². The maximum atomic E-state index is 12.8. The Kier molecular flexibility index (Phi) is 9.49. The summed E-state index contributed by atoms with van der Waals surface area (Å²) in [5.74, 6) is 1.35. The molecule has 0 atom stereocenters. The van der Waals surface area contributed by atoms with E-state index in [1.165, 1.54) is 12.8 Å². The van der Waals surface area contributed by atoms with Gasteiger partial charge in [-0.2, -0.15) is 0 Å². The van der Waals surface area contributed by atoms with Crippen molar-refractivity contribution in [1.82, 2.24) is 4.90 Å². The summed E-state index contributed by atoms with van der Waals surface area (Å²) in [6.45, 7) is 15.2. The molecule has 0 bridgehead atoms. The monoisotopic (exact) mass is 511 g/mol. The molecular formula is C31H45NO5. The predicted octanol–water partition coefficient (Wildman–Crippen LogP) is 7.51. The highest BCUT2D eigenvalue weighted by molar-refractivity contribution is 5.84. The van der Waals surface area contributed by atoms with Crippen LogP contribution in [-0.4, -0.2) is 41.8 Å². The molecule has 0 aromatic heterocycles. The molecule has 0 spiro atoms. The molecule has 2 aromatic carbocycles. The minimum Gasteiger partial charge on any atom is -0.490 e. The lowest BCUT2D eigenvalue weighted by Crippen LogP contribution is -2.37. The first-order valence-electron chi connectivity index (χ1n) is 13.7. The van der Waals surface area contributed by atoms with Gasteiger partial charge >= 0.3 is 12.1 Å². The highest BCUT2D eigenvalue weighted by Crippen LogP contribution is 2.39. The molecule has 2 aromatic rings. The molecule has 6 nitrogen and oxygen atoms in total. The van der Waals surface area contributed by atoms with Crippen LogP contribution in [-0.2, 0) is 20.8 Å². The number of hydrogen-bond donors (Lipinski definition) is 0. The van der Waals surface area contributed by atoms with Crippen LogP contribution in [0.3, 0.4) is 0 Å². The van der Waals surface area contributed by atoms with E-state index in [2.05, 4.69) is 45.0 Å². The molecule has 1 fully saturated rings. The van der Waals surface area contributed by atoms with Gasteiger partial charge in [-0.3, -0.25) is 4.79 Å². The fourth-order valence-corrected chi connectivity index (χ4v) is 4.93. The Morgan fingerprint density at radius 3 is 2.19 bits per heavy atom. The second-order valence-electron chi connectivity index (χ2n) is 12.3. The van der Waals surface area contributed by atoms with Crippen LogP contribution >= 0.6 is 0 Å². The molecular weight excluding hydrogens is 466 g/mol. The van der Waals surface area contributed by atoms with Gasteiger partial charge in [0.25, 0.3) is 0 Å². The van der Waals surface area contributed by atoms with E-state index in [1.54, 1.807) is 11.8 Å². The predicted molar refractivity (Wildman–Crippen MR) is 148 cm³/mol. The first kappa shape index (κ1) is 28.8. The molecule has 0 N–H and O–H groups in total. The van der Waals surface area contributed by atoms with E-state index in [1.807, 2.05) is 32.9 Å². The van der Waals surface area contributed by atoms with Crippen LogP contribution in [0.5, 0.6) is 5.75 Å². The molecule has 0 saturated heterocycles. The molecule has 0 radical (unpaired) electrons. The van der Waals surface area contributed by atoms with E-state index in [9.17, 15) is 9.59 Å². The van der Waals surface area contributed by atoms with Gasteiger partial charge in [-0.05, 0) is 99.2 Å². The topological polar surface area (TPSA) is 65.1 Å². The number of fused-ring (bicyclic) bond motifs is 1. The third kappa shape index (κ3) is 8.94. The van der Waals surface area contributed by atoms with Gasteiger partial charge in [-0.15, -0.1) is 0 Å². The van der Waals surface area contributed by atoms with Crippen molar-refractivity contribution in [2.45, 2.75) is 98.8 Å². The Labute approximate surface area is 222 Å². The molecule has 1 aliphatic rings. The van der Waals surface area contributed by atoms with Crippen LogP contribution in [0.2, 0.25) is 0 Å². The van der Waals surface area contributed by atoms with E-state index in [-0.39, 0.29) is 25.0 Å². The number of esters is 1. The van der Waals surface area contributed by atoms with Crippen LogP contribution in [0, 0.1) is 11.3 Å². The SMILES string of the molecule is CCOC(=O)CCN(Cc1ccc2cc(O[C@H]3CC[C@H](C(C)(C)C)CC3)ccc2c1)C(=O)OC(C)(C)C. The van der Waals surface area contributed by atoms with Crippen molar-refractivity contribution in [2.24, 2.45) is 11.3 Å². The van der Waals surface area contributed by atoms with Crippen molar-refractivity contribution >= 4 is 22.8 Å². The van der Waals surface area contributed by atoms with E-state index >= 15 is 0 Å². The number of amides is 1. The summed E-state index contributed by atoms with van der Waals surface area (Å²) in [7, 11) is 0. The Balaban J connectivity index is 1.67. The van der Waals surface area contributed by atoms with E-state index in [0.717, 1.165) is 40.8 Å². The van der Waals surface area contributed by atoms with Crippen molar-refractivity contribution < 1.29 is 23.8 Å². The maximum absolute atomic E-state index is 12.8. The highest BCUT2D eigenvalue weighted by atomic mass is 16.6. The minimum absolute atomic E-state index is 0.124. The van der Waals surface area contributed by atoms with Crippen LogP contribution < -0.4 is 4.74 Å². The van der Waals surface area contributed by atoms with E-state index < -0.39 is 11.7 Å². The average molecular weight is 512 g/mol. The van der Waals surface area contributed by atoms with Crippen LogP contribution in [0.1, 0.15) is 86.1 Å². The molecule has 37 heavy (non-hydrogen) atoms.